The van der Waals surface area contributed by atoms with E-state index in [0.717, 1.165) is 31.4 Å². The predicted octanol–water partition coefficient (Wildman–Crippen LogP) is 2.85. The number of aromatic nitrogens is 1. The summed E-state index contributed by atoms with van der Waals surface area (Å²) in [5.74, 6) is 1.67. The first kappa shape index (κ1) is 16.8. The van der Waals surface area contributed by atoms with E-state index >= 15 is 0 Å². The number of fused-ring (bicyclic) bond motifs is 1. The van der Waals surface area contributed by atoms with E-state index in [2.05, 4.69) is 16.4 Å². The van der Waals surface area contributed by atoms with E-state index in [-0.39, 0.29) is 10.9 Å². The van der Waals surface area contributed by atoms with E-state index in [4.69, 9.17) is 4.74 Å². The molecule has 1 atom stereocenters. The molecule has 128 valence electrons. The van der Waals surface area contributed by atoms with Crippen LogP contribution in [-0.2, 0) is 22.7 Å². The molecule has 0 saturated heterocycles. The number of methoxy groups -OCH3 is 1. The Kier molecular flexibility index (Phi) is 4.76. The summed E-state index contributed by atoms with van der Waals surface area (Å²) in [6.45, 7) is 0. The van der Waals surface area contributed by atoms with Crippen molar-refractivity contribution in [1.82, 2.24) is 4.98 Å². The highest BCUT2D eigenvalue weighted by Crippen LogP contribution is 2.29. The summed E-state index contributed by atoms with van der Waals surface area (Å²) < 4.78 is 28.5. The molecule has 0 amide bonds. The molecule has 6 heteroatoms. The number of rotatable bonds is 4. The fraction of sp³-hybridized carbons (Fsp3) is 0.389. The average Bonchev–Trinajstić information content (AvgIpc) is 2.76. The highest BCUT2D eigenvalue weighted by atomic mass is 32.2. The van der Waals surface area contributed by atoms with Gasteiger partial charge in [-0.3, -0.25) is 0 Å². The van der Waals surface area contributed by atoms with E-state index < -0.39 is 9.84 Å². The molecule has 0 fully saturated rings. The minimum atomic E-state index is -3.21. The van der Waals surface area contributed by atoms with Crippen LogP contribution in [-0.4, -0.2) is 32.8 Å². The molecule has 1 aliphatic rings. The van der Waals surface area contributed by atoms with Crippen LogP contribution in [0.15, 0.2) is 41.4 Å². The maximum atomic E-state index is 11.5. The van der Waals surface area contributed by atoms with Crippen LogP contribution in [0.2, 0.25) is 0 Å². The molecule has 1 aromatic heterocycles. The van der Waals surface area contributed by atoms with Crippen LogP contribution >= 0.6 is 0 Å². The first-order chi connectivity index (χ1) is 11.5. The molecule has 0 spiro atoms. The zero-order chi connectivity index (χ0) is 17.2. The fourth-order valence-electron chi connectivity index (χ4n) is 3.19. The second-order valence-corrected chi connectivity index (χ2v) is 8.20. The average molecular weight is 346 g/mol. The molecule has 1 aliphatic carbocycles. The molecule has 0 bridgehead atoms. The second kappa shape index (κ2) is 6.81. The molecule has 1 N–H and O–H groups in total. The van der Waals surface area contributed by atoms with E-state index in [1.165, 1.54) is 23.6 Å². The predicted molar refractivity (Wildman–Crippen MR) is 94.4 cm³/mol. The highest BCUT2D eigenvalue weighted by molar-refractivity contribution is 7.90. The van der Waals surface area contributed by atoms with Gasteiger partial charge in [0.05, 0.1) is 12.0 Å². The maximum absolute atomic E-state index is 11.5. The standard InChI is InChI=1S/C18H22N2O3S/c1-23-17-8-3-5-13-11-14(6-4-7-16(13)17)20-18-10-9-15(12-19-18)24(2,21)22/h3,5,8-10,12,14H,4,6-7,11H2,1-2H3,(H,19,20). The SMILES string of the molecule is COc1cccc2c1CCCC(Nc1ccc(S(C)(=O)=O)cn1)C2. The Morgan fingerprint density at radius 2 is 2.08 bits per heavy atom. The van der Waals surface area contributed by atoms with E-state index in [1.807, 2.05) is 12.1 Å². The van der Waals surface area contributed by atoms with Crippen LogP contribution in [0.4, 0.5) is 5.82 Å². The van der Waals surface area contributed by atoms with Crippen LogP contribution in [0.3, 0.4) is 0 Å². The van der Waals surface area contributed by atoms with Gasteiger partial charge in [-0.05, 0) is 55.0 Å². The number of nitrogens with zero attached hydrogens (tertiary/aromatic N) is 1. The first-order valence-electron chi connectivity index (χ1n) is 8.05. The molecule has 24 heavy (non-hydrogen) atoms. The van der Waals surface area contributed by atoms with Crippen molar-refractivity contribution in [3.8, 4) is 5.75 Å². The third-order valence-electron chi connectivity index (χ3n) is 4.41. The summed E-state index contributed by atoms with van der Waals surface area (Å²) in [7, 11) is -1.50. The number of hydrogen-bond donors (Lipinski definition) is 1. The van der Waals surface area contributed by atoms with Crippen LogP contribution in [0.5, 0.6) is 5.75 Å². The van der Waals surface area contributed by atoms with Crippen molar-refractivity contribution in [2.45, 2.75) is 36.6 Å². The van der Waals surface area contributed by atoms with Crippen molar-refractivity contribution in [2.75, 3.05) is 18.7 Å². The van der Waals surface area contributed by atoms with Crippen molar-refractivity contribution in [2.24, 2.45) is 0 Å². The molecule has 5 nitrogen and oxygen atoms in total. The van der Waals surface area contributed by atoms with Crippen molar-refractivity contribution in [1.29, 1.82) is 0 Å². The Hall–Kier alpha value is -2.08. The Labute approximate surface area is 143 Å². The molecule has 2 aromatic rings. The number of anilines is 1. The van der Waals surface area contributed by atoms with E-state index in [0.29, 0.717) is 5.82 Å². The van der Waals surface area contributed by atoms with E-state index in [9.17, 15) is 8.42 Å². The number of hydrogen-bond acceptors (Lipinski definition) is 5. The zero-order valence-electron chi connectivity index (χ0n) is 14.0. The lowest BCUT2D eigenvalue weighted by Crippen LogP contribution is -2.22. The van der Waals surface area contributed by atoms with Crippen LogP contribution in [0.1, 0.15) is 24.0 Å². The number of sulfone groups is 1. The normalized spacial score (nSPS) is 17.7. The summed E-state index contributed by atoms with van der Waals surface area (Å²) >= 11 is 0. The lowest BCUT2D eigenvalue weighted by atomic mass is 10.0. The summed E-state index contributed by atoms with van der Waals surface area (Å²) in [6.07, 6.45) is 6.62. The quantitative estimate of drug-likeness (QED) is 0.862. The number of nitrogens with one attached hydrogen (secondary N) is 1. The molecule has 3 rings (SSSR count). The van der Waals surface area contributed by atoms with Gasteiger partial charge >= 0.3 is 0 Å². The number of benzene rings is 1. The van der Waals surface area contributed by atoms with Gasteiger partial charge in [0.25, 0.3) is 0 Å². The third kappa shape index (κ3) is 3.70. The molecule has 0 saturated carbocycles. The fourth-order valence-corrected chi connectivity index (χ4v) is 3.75. The van der Waals surface area contributed by atoms with Gasteiger partial charge in [0, 0.05) is 18.5 Å². The van der Waals surface area contributed by atoms with Gasteiger partial charge in [0.2, 0.25) is 0 Å². The van der Waals surface area contributed by atoms with Gasteiger partial charge in [0.1, 0.15) is 11.6 Å². The van der Waals surface area contributed by atoms with Crippen LogP contribution in [0, 0.1) is 0 Å². The maximum Gasteiger partial charge on any atom is 0.177 e. The van der Waals surface area contributed by atoms with Gasteiger partial charge in [-0.15, -0.1) is 0 Å². The van der Waals surface area contributed by atoms with Crippen LogP contribution < -0.4 is 10.1 Å². The second-order valence-electron chi connectivity index (χ2n) is 6.19. The molecule has 1 heterocycles. The van der Waals surface area contributed by atoms with Gasteiger partial charge in [-0.25, -0.2) is 13.4 Å². The Morgan fingerprint density at radius 1 is 1.25 bits per heavy atom. The minimum absolute atomic E-state index is 0.240. The lowest BCUT2D eigenvalue weighted by molar-refractivity contribution is 0.409. The summed E-state index contributed by atoms with van der Waals surface area (Å²) in [5.41, 5.74) is 2.60. The Bertz CT molecular complexity index is 817. The first-order valence-corrected chi connectivity index (χ1v) is 9.94. The Morgan fingerprint density at radius 3 is 2.75 bits per heavy atom. The number of pyridine rings is 1. The molecule has 1 aromatic carbocycles. The largest absolute Gasteiger partial charge is 0.496 e. The summed E-state index contributed by atoms with van der Waals surface area (Å²) in [5, 5.41) is 3.43. The van der Waals surface area contributed by atoms with Crippen molar-refractivity contribution >= 4 is 15.7 Å². The van der Waals surface area contributed by atoms with E-state index in [1.54, 1.807) is 19.2 Å². The molecule has 0 radical (unpaired) electrons. The molecular formula is C18H22N2O3S. The number of ether oxygens (including phenoxy) is 1. The molecular weight excluding hydrogens is 324 g/mol. The smallest absolute Gasteiger partial charge is 0.177 e. The minimum Gasteiger partial charge on any atom is -0.496 e. The Balaban J connectivity index is 1.76. The summed E-state index contributed by atoms with van der Waals surface area (Å²) in [4.78, 5) is 4.48. The third-order valence-corrected chi connectivity index (χ3v) is 5.51. The van der Waals surface area contributed by atoms with Crippen molar-refractivity contribution in [3.63, 3.8) is 0 Å². The summed E-state index contributed by atoms with van der Waals surface area (Å²) in [6, 6.07) is 9.79. The van der Waals surface area contributed by atoms with Gasteiger partial charge in [-0.1, -0.05) is 12.1 Å². The topological polar surface area (TPSA) is 68.3 Å². The van der Waals surface area contributed by atoms with Crippen LogP contribution in [0.25, 0.3) is 0 Å². The van der Waals surface area contributed by atoms with Crippen molar-refractivity contribution < 1.29 is 13.2 Å². The van der Waals surface area contributed by atoms with Gasteiger partial charge < -0.3 is 10.1 Å². The van der Waals surface area contributed by atoms with Gasteiger partial charge in [0.15, 0.2) is 9.84 Å². The zero-order valence-corrected chi connectivity index (χ0v) is 14.8. The van der Waals surface area contributed by atoms with Gasteiger partial charge in [-0.2, -0.15) is 0 Å². The monoisotopic (exact) mass is 346 g/mol. The lowest BCUT2D eigenvalue weighted by Gasteiger charge is -2.18. The highest BCUT2D eigenvalue weighted by Gasteiger charge is 2.19. The molecule has 0 aliphatic heterocycles. The van der Waals surface area contributed by atoms with Crippen molar-refractivity contribution in [3.05, 3.63) is 47.7 Å². The molecule has 1 unspecified atom stereocenters.